The highest BCUT2D eigenvalue weighted by molar-refractivity contribution is 5.64. The number of benzene rings is 2. The Morgan fingerprint density at radius 1 is 1.07 bits per heavy atom. The van der Waals surface area contributed by atoms with Gasteiger partial charge in [-0.3, -0.25) is 9.36 Å². The van der Waals surface area contributed by atoms with Crippen LogP contribution in [0.5, 0.6) is 11.8 Å². The fourth-order valence-electron chi connectivity index (χ4n) is 3.22. The van der Waals surface area contributed by atoms with Gasteiger partial charge in [-0.05, 0) is 35.2 Å². The first-order valence-corrected chi connectivity index (χ1v) is 9.27. The van der Waals surface area contributed by atoms with E-state index in [0.29, 0.717) is 19.2 Å². The van der Waals surface area contributed by atoms with Crippen LogP contribution in [0, 0.1) is 0 Å². The number of rotatable bonds is 6. The van der Waals surface area contributed by atoms with Gasteiger partial charge in [-0.2, -0.15) is 4.98 Å². The maximum absolute atomic E-state index is 11.3. The van der Waals surface area contributed by atoms with Crippen molar-refractivity contribution in [3.63, 3.8) is 0 Å². The summed E-state index contributed by atoms with van der Waals surface area (Å²) in [5, 5.41) is 0. The van der Waals surface area contributed by atoms with Crippen LogP contribution in [0.15, 0.2) is 65.6 Å². The van der Waals surface area contributed by atoms with Gasteiger partial charge in [0.05, 0.1) is 6.54 Å². The van der Waals surface area contributed by atoms with E-state index in [2.05, 4.69) is 48.3 Å². The minimum absolute atomic E-state index is 0.148. The van der Waals surface area contributed by atoms with Crippen LogP contribution in [0.2, 0.25) is 0 Å². The zero-order valence-corrected chi connectivity index (χ0v) is 15.3. The van der Waals surface area contributed by atoms with Crippen LogP contribution in [0.3, 0.4) is 0 Å². The largest absolute Gasteiger partial charge is 0.490 e. The first kappa shape index (κ1) is 17.3. The molecule has 0 aliphatic carbocycles. The number of hydrogen-bond acceptors (Lipinski definition) is 4. The van der Waals surface area contributed by atoms with Crippen molar-refractivity contribution in [2.45, 2.75) is 32.4 Å². The fraction of sp³-hybridized carbons (Fsp3) is 0.273. The molecule has 0 N–H and O–H groups in total. The van der Waals surface area contributed by atoms with Crippen molar-refractivity contribution in [2.24, 2.45) is 0 Å². The minimum Gasteiger partial charge on any atom is -0.490 e. The Bertz CT molecular complexity index is 962. The molecule has 138 valence electrons. The van der Waals surface area contributed by atoms with Crippen LogP contribution in [0.25, 0.3) is 11.1 Å². The molecule has 5 heteroatoms. The van der Waals surface area contributed by atoms with Crippen molar-refractivity contribution in [1.29, 1.82) is 0 Å². The summed E-state index contributed by atoms with van der Waals surface area (Å²) in [4.78, 5) is 15.1. The van der Waals surface area contributed by atoms with Crippen molar-refractivity contribution in [1.82, 2.24) is 9.55 Å². The van der Waals surface area contributed by atoms with Gasteiger partial charge < -0.3 is 9.47 Å². The third-order valence-corrected chi connectivity index (χ3v) is 4.64. The van der Waals surface area contributed by atoms with Crippen molar-refractivity contribution in [3.05, 3.63) is 76.7 Å². The van der Waals surface area contributed by atoms with Gasteiger partial charge in [0.2, 0.25) is 0 Å². The molecule has 1 aromatic heterocycles. The summed E-state index contributed by atoms with van der Waals surface area (Å²) in [7, 11) is 0. The molecule has 0 saturated carbocycles. The summed E-state index contributed by atoms with van der Waals surface area (Å²) < 4.78 is 13.3. The number of ether oxygens (including phenoxy) is 2. The van der Waals surface area contributed by atoms with Crippen molar-refractivity contribution in [2.75, 3.05) is 6.61 Å². The first-order valence-electron chi connectivity index (χ1n) is 9.27. The number of fused-ring (bicyclic) bond motifs is 1. The number of aryl methyl sites for hydroxylation is 1. The van der Waals surface area contributed by atoms with E-state index >= 15 is 0 Å². The monoisotopic (exact) mass is 362 g/mol. The van der Waals surface area contributed by atoms with Crippen LogP contribution >= 0.6 is 0 Å². The Morgan fingerprint density at radius 3 is 2.48 bits per heavy atom. The lowest BCUT2D eigenvalue weighted by Gasteiger charge is -2.11. The average Bonchev–Trinajstić information content (AvgIpc) is 3.10. The minimum atomic E-state index is -0.291. The van der Waals surface area contributed by atoms with Gasteiger partial charge in [-0.1, -0.05) is 49.7 Å². The molecule has 4 rings (SSSR count). The smallest absolute Gasteiger partial charge is 0.300 e. The molecule has 27 heavy (non-hydrogen) atoms. The molecule has 0 unspecified atom stereocenters. The van der Waals surface area contributed by atoms with Crippen molar-refractivity contribution >= 4 is 0 Å². The summed E-state index contributed by atoms with van der Waals surface area (Å²) in [5.74, 6) is 0.795. The third-order valence-electron chi connectivity index (χ3n) is 4.64. The summed E-state index contributed by atoms with van der Waals surface area (Å²) in [5.41, 5.74) is 3.45. The molecular weight excluding hydrogens is 340 g/mol. The lowest BCUT2D eigenvalue weighted by atomic mass is 10.0. The molecule has 0 fully saturated rings. The molecule has 2 aromatic carbocycles. The normalized spacial score (nSPS) is 15.2. The van der Waals surface area contributed by atoms with E-state index in [0.717, 1.165) is 24.2 Å². The van der Waals surface area contributed by atoms with E-state index in [1.165, 1.54) is 17.2 Å². The molecule has 0 saturated heterocycles. The van der Waals surface area contributed by atoms with E-state index < -0.39 is 0 Å². The van der Waals surface area contributed by atoms with Crippen LogP contribution in [0.4, 0.5) is 0 Å². The maximum Gasteiger partial charge on any atom is 0.300 e. The van der Waals surface area contributed by atoms with Gasteiger partial charge in [0.1, 0.15) is 12.4 Å². The molecule has 1 aliphatic rings. The van der Waals surface area contributed by atoms with Crippen LogP contribution in [-0.2, 0) is 13.0 Å². The molecule has 3 aromatic rings. The molecule has 0 bridgehead atoms. The second kappa shape index (κ2) is 7.66. The van der Waals surface area contributed by atoms with Gasteiger partial charge in [0.25, 0.3) is 11.6 Å². The lowest BCUT2D eigenvalue weighted by molar-refractivity contribution is 0.143. The predicted molar refractivity (Wildman–Crippen MR) is 104 cm³/mol. The standard InChI is InChI=1S/C22H22N2O3/c1-2-3-16-4-6-17(7-5-16)18-8-10-19(11-9-18)26-15-20-14-24-13-12-21(25)23-22(24)27-20/h4-13,20H,2-3,14-15H2,1H3/t20-/m0/s1. The van der Waals surface area contributed by atoms with Gasteiger partial charge in [0, 0.05) is 12.3 Å². The van der Waals surface area contributed by atoms with E-state index in [-0.39, 0.29) is 11.7 Å². The molecule has 1 atom stereocenters. The Hall–Kier alpha value is -3.08. The Labute approximate surface area is 158 Å². The average molecular weight is 362 g/mol. The number of hydrogen-bond donors (Lipinski definition) is 0. The number of aromatic nitrogens is 2. The van der Waals surface area contributed by atoms with Crippen molar-refractivity contribution in [3.8, 4) is 22.9 Å². The van der Waals surface area contributed by atoms with E-state index in [1.54, 1.807) is 6.20 Å². The third kappa shape index (κ3) is 4.03. The topological polar surface area (TPSA) is 53.4 Å². The molecule has 0 radical (unpaired) electrons. The summed E-state index contributed by atoms with van der Waals surface area (Å²) >= 11 is 0. The zero-order valence-electron chi connectivity index (χ0n) is 15.3. The van der Waals surface area contributed by atoms with Gasteiger partial charge in [-0.25, -0.2) is 0 Å². The predicted octanol–water partition coefficient (Wildman–Crippen LogP) is 3.70. The summed E-state index contributed by atoms with van der Waals surface area (Å²) in [6, 6.07) is 18.6. The quantitative estimate of drug-likeness (QED) is 0.671. The molecular formula is C22H22N2O3. The maximum atomic E-state index is 11.3. The highest BCUT2D eigenvalue weighted by Gasteiger charge is 2.23. The van der Waals surface area contributed by atoms with Crippen LogP contribution < -0.4 is 15.0 Å². The molecule has 0 spiro atoms. The van der Waals surface area contributed by atoms with Crippen LogP contribution in [-0.4, -0.2) is 22.3 Å². The van der Waals surface area contributed by atoms with Gasteiger partial charge in [-0.15, -0.1) is 0 Å². The second-order valence-corrected chi connectivity index (χ2v) is 6.72. The van der Waals surface area contributed by atoms with E-state index in [4.69, 9.17) is 9.47 Å². The Kier molecular flexibility index (Phi) is 4.92. The first-order chi connectivity index (χ1) is 13.2. The Morgan fingerprint density at radius 2 is 1.78 bits per heavy atom. The molecule has 1 aliphatic heterocycles. The van der Waals surface area contributed by atoms with E-state index in [1.807, 2.05) is 16.7 Å². The molecule has 0 amide bonds. The molecule has 5 nitrogen and oxygen atoms in total. The fourth-order valence-corrected chi connectivity index (χ4v) is 3.22. The number of nitrogens with zero attached hydrogens (tertiary/aromatic N) is 2. The molecule has 2 heterocycles. The zero-order chi connectivity index (χ0) is 18.6. The SMILES string of the molecule is CCCc1ccc(-c2ccc(OC[C@@H]3Cn4ccc(=O)nc4O3)cc2)cc1. The van der Waals surface area contributed by atoms with E-state index in [9.17, 15) is 4.79 Å². The highest BCUT2D eigenvalue weighted by Crippen LogP contribution is 2.24. The summed E-state index contributed by atoms with van der Waals surface area (Å²) in [6.45, 7) is 3.23. The van der Waals surface area contributed by atoms with Gasteiger partial charge >= 0.3 is 0 Å². The van der Waals surface area contributed by atoms with Crippen molar-refractivity contribution < 1.29 is 9.47 Å². The Balaban J connectivity index is 1.35. The van der Waals surface area contributed by atoms with Crippen LogP contribution in [0.1, 0.15) is 18.9 Å². The second-order valence-electron chi connectivity index (χ2n) is 6.72. The summed E-state index contributed by atoms with van der Waals surface area (Å²) in [6.07, 6.45) is 3.83. The highest BCUT2D eigenvalue weighted by atomic mass is 16.6. The lowest BCUT2D eigenvalue weighted by Crippen LogP contribution is -2.23. The van der Waals surface area contributed by atoms with Gasteiger partial charge in [0.15, 0.2) is 6.10 Å².